The third-order valence-electron chi connectivity index (χ3n) is 2.31. The Labute approximate surface area is 122 Å². The fraction of sp³-hybridized carbons (Fsp3) is 0.308. The smallest absolute Gasteiger partial charge is 0.405 e. The van der Waals surface area contributed by atoms with Crippen LogP contribution in [-0.4, -0.2) is 32.3 Å². The number of carbonyl (C=O) groups excluding carboxylic acids is 1. The molecule has 0 spiro atoms. The van der Waals surface area contributed by atoms with E-state index in [1.165, 1.54) is 25.3 Å². The molecule has 0 saturated carbocycles. The Morgan fingerprint density at radius 2 is 2.05 bits per heavy atom. The lowest BCUT2D eigenvalue weighted by Crippen LogP contribution is -2.32. The molecule has 0 fully saturated rings. The first-order valence-corrected chi connectivity index (χ1v) is 5.87. The van der Waals surface area contributed by atoms with Crippen LogP contribution in [0.15, 0.2) is 24.3 Å². The average molecular weight is 325 g/mol. The summed E-state index contributed by atoms with van der Waals surface area (Å²) in [6.45, 7) is -4.61. The van der Waals surface area contributed by atoms with Crippen molar-refractivity contribution >= 4 is 12.0 Å². The van der Waals surface area contributed by atoms with Gasteiger partial charge in [0.1, 0.15) is 6.54 Å². The minimum Gasteiger partial charge on any atom is -0.493 e. The molecule has 0 unspecified atom stereocenters. The summed E-state index contributed by atoms with van der Waals surface area (Å²) >= 11 is 0. The Balaban J connectivity index is 2.88. The van der Waals surface area contributed by atoms with Gasteiger partial charge in [0.25, 0.3) is 0 Å². The summed E-state index contributed by atoms with van der Waals surface area (Å²) in [7, 11) is 1.23. The van der Waals surface area contributed by atoms with Crippen LogP contribution in [-0.2, 0) is 4.79 Å². The number of nitrogens with one attached hydrogen (secondary N) is 1. The zero-order valence-electron chi connectivity index (χ0n) is 11.3. The highest BCUT2D eigenvalue weighted by atomic mass is 19.4. The van der Waals surface area contributed by atoms with E-state index in [1.807, 2.05) is 0 Å². The number of hydrogen-bond acceptors (Lipinski definition) is 3. The zero-order valence-corrected chi connectivity index (χ0v) is 11.3. The van der Waals surface area contributed by atoms with Crippen molar-refractivity contribution in [2.45, 2.75) is 12.8 Å². The number of amides is 1. The first-order valence-electron chi connectivity index (χ1n) is 5.87. The van der Waals surface area contributed by atoms with Crippen LogP contribution in [0.2, 0.25) is 0 Å². The van der Waals surface area contributed by atoms with Gasteiger partial charge in [-0.05, 0) is 12.1 Å². The highest BCUT2D eigenvalue weighted by Gasteiger charge is 2.27. The topological polar surface area (TPSA) is 47.6 Å². The summed E-state index contributed by atoms with van der Waals surface area (Å²) < 4.78 is 69.6. The minimum absolute atomic E-state index is 0.00171. The normalized spacial score (nSPS) is 11.8. The summed E-state index contributed by atoms with van der Waals surface area (Å²) in [6, 6.07) is 4.15. The zero-order chi connectivity index (χ0) is 16.8. The molecule has 1 aromatic rings. The third kappa shape index (κ3) is 5.98. The summed E-state index contributed by atoms with van der Waals surface area (Å²) in [5.74, 6) is -1.35. The fourth-order valence-electron chi connectivity index (χ4n) is 1.45. The number of hydrogen-bond donors (Lipinski definition) is 1. The molecule has 0 aliphatic rings. The van der Waals surface area contributed by atoms with Crippen LogP contribution in [0.1, 0.15) is 5.56 Å². The molecule has 4 nitrogen and oxygen atoms in total. The van der Waals surface area contributed by atoms with Gasteiger partial charge < -0.3 is 14.8 Å². The quantitative estimate of drug-likeness (QED) is 0.646. The van der Waals surface area contributed by atoms with Crippen LogP contribution in [0.4, 0.5) is 22.0 Å². The lowest BCUT2D eigenvalue weighted by atomic mass is 10.1. The van der Waals surface area contributed by atoms with Crippen molar-refractivity contribution in [2.24, 2.45) is 0 Å². The number of rotatable bonds is 6. The van der Waals surface area contributed by atoms with Crippen LogP contribution in [0.5, 0.6) is 11.5 Å². The van der Waals surface area contributed by atoms with Crippen LogP contribution < -0.4 is 14.8 Å². The van der Waals surface area contributed by atoms with E-state index in [9.17, 15) is 26.7 Å². The molecule has 0 aliphatic carbocycles. The number of ether oxygens (including phenoxy) is 2. The Kier molecular flexibility index (Phi) is 6.14. The van der Waals surface area contributed by atoms with E-state index in [2.05, 4.69) is 4.74 Å². The van der Waals surface area contributed by atoms with Gasteiger partial charge in [-0.15, -0.1) is 0 Å². The first-order chi connectivity index (χ1) is 10.2. The van der Waals surface area contributed by atoms with Crippen LogP contribution in [0.25, 0.3) is 6.08 Å². The maximum Gasteiger partial charge on any atom is 0.405 e. The van der Waals surface area contributed by atoms with Crippen molar-refractivity contribution in [1.29, 1.82) is 0 Å². The van der Waals surface area contributed by atoms with Crippen molar-refractivity contribution in [3.05, 3.63) is 29.8 Å². The molecule has 1 N–H and O–H groups in total. The van der Waals surface area contributed by atoms with Gasteiger partial charge in [-0.1, -0.05) is 12.1 Å². The van der Waals surface area contributed by atoms with Gasteiger partial charge in [0.15, 0.2) is 11.5 Å². The summed E-state index contributed by atoms with van der Waals surface area (Å²) in [6.07, 6.45) is -2.71. The summed E-state index contributed by atoms with van der Waals surface area (Å²) in [5, 5.41) is 1.61. The van der Waals surface area contributed by atoms with Crippen molar-refractivity contribution in [2.75, 3.05) is 13.7 Å². The second-order valence-corrected chi connectivity index (χ2v) is 3.92. The van der Waals surface area contributed by atoms with E-state index >= 15 is 0 Å². The van der Waals surface area contributed by atoms with E-state index in [4.69, 9.17) is 4.74 Å². The Morgan fingerprint density at radius 1 is 1.36 bits per heavy atom. The van der Waals surface area contributed by atoms with Gasteiger partial charge in [-0.25, -0.2) is 0 Å². The molecule has 0 aliphatic heterocycles. The van der Waals surface area contributed by atoms with Crippen molar-refractivity contribution < 1.29 is 36.2 Å². The predicted molar refractivity (Wildman–Crippen MR) is 67.7 cm³/mol. The molecule has 1 rings (SSSR count). The number of methoxy groups -OCH3 is 1. The molecular formula is C13H12F5NO3. The van der Waals surface area contributed by atoms with E-state index in [0.29, 0.717) is 0 Å². The fourth-order valence-corrected chi connectivity index (χ4v) is 1.45. The lowest BCUT2D eigenvalue weighted by molar-refractivity contribution is -0.135. The molecule has 122 valence electrons. The predicted octanol–water partition coefficient (Wildman–Crippen LogP) is 2.99. The standard InChI is InChI=1S/C13H12F5NO3/c1-21-9-4-2-3-8(11(9)22-12(14)15)5-6-10(20)19-7-13(16,17)18/h2-6,12H,7H2,1H3,(H,19,20)/b6-5-. The molecule has 1 aromatic carbocycles. The van der Waals surface area contributed by atoms with Crippen molar-refractivity contribution in [1.82, 2.24) is 5.32 Å². The third-order valence-corrected chi connectivity index (χ3v) is 2.31. The van der Waals surface area contributed by atoms with E-state index < -0.39 is 25.2 Å². The Morgan fingerprint density at radius 3 is 2.59 bits per heavy atom. The van der Waals surface area contributed by atoms with Crippen LogP contribution >= 0.6 is 0 Å². The van der Waals surface area contributed by atoms with Gasteiger partial charge in [0.2, 0.25) is 5.91 Å². The van der Waals surface area contributed by atoms with Gasteiger partial charge in [-0.2, -0.15) is 22.0 Å². The van der Waals surface area contributed by atoms with Crippen LogP contribution in [0, 0.1) is 0 Å². The van der Waals surface area contributed by atoms with Gasteiger partial charge in [0, 0.05) is 11.6 Å². The number of alkyl halides is 5. The van der Waals surface area contributed by atoms with Crippen LogP contribution in [0.3, 0.4) is 0 Å². The Hall–Kier alpha value is -2.32. The summed E-state index contributed by atoms with van der Waals surface area (Å²) in [5.41, 5.74) is 0.0572. The maximum atomic E-state index is 12.4. The number of carbonyl (C=O) groups is 1. The largest absolute Gasteiger partial charge is 0.493 e. The molecule has 22 heavy (non-hydrogen) atoms. The molecule has 9 heteroatoms. The van der Waals surface area contributed by atoms with Gasteiger partial charge >= 0.3 is 12.8 Å². The summed E-state index contributed by atoms with van der Waals surface area (Å²) in [4.78, 5) is 11.2. The van der Waals surface area contributed by atoms with E-state index in [1.54, 1.807) is 5.32 Å². The molecule has 0 atom stereocenters. The number of halogens is 5. The monoisotopic (exact) mass is 325 g/mol. The average Bonchev–Trinajstić information content (AvgIpc) is 2.42. The molecule has 0 radical (unpaired) electrons. The Bertz CT molecular complexity index is 543. The molecule has 1 amide bonds. The number of para-hydroxylation sites is 1. The number of benzene rings is 1. The molecule has 0 heterocycles. The van der Waals surface area contributed by atoms with Gasteiger partial charge in [-0.3, -0.25) is 4.79 Å². The highest BCUT2D eigenvalue weighted by Crippen LogP contribution is 2.33. The molecule has 0 saturated heterocycles. The molecule has 0 bridgehead atoms. The SMILES string of the molecule is COc1cccc(/C=C\C(=O)NCC(F)(F)F)c1OC(F)F. The second kappa shape index (κ2) is 7.62. The van der Waals surface area contributed by atoms with Crippen molar-refractivity contribution in [3.8, 4) is 11.5 Å². The lowest BCUT2D eigenvalue weighted by Gasteiger charge is -2.12. The highest BCUT2D eigenvalue weighted by molar-refractivity contribution is 5.92. The van der Waals surface area contributed by atoms with E-state index in [-0.39, 0.29) is 17.1 Å². The minimum atomic E-state index is -4.54. The molecule has 0 aromatic heterocycles. The first kappa shape index (κ1) is 17.7. The van der Waals surface area contributed by atoms with E-state index in [0.717, 1.165) is 12.2 Å². The van der Waals surface area contributed by atoms with Gasteiger partial charge in [0.05, 0.1) is 7.11 Å². The second-order valence-electron chi connectivity index (χ2n) is 3.92. The molecular weight excluding hydrogens is 313 g/mol. The van der Waals surface area contributed by atoms with Crippen molar-refractivity contribution in [3.63, 3.8) is 0 Å². The maximum absolute atomic E-state index is 12.4.